The number of amides is 2. The fourth-order valence-electron chi connectivity index (χ4n) is 2.22. The Morgan fingerprint density at radius 1 is 1.20 bits per heavy atom. The zero-order valence-corrected chi connectivity index (χ0v) is 12.4. The molecule has 20 heavy (non-hydrogen) atoms. The normalized spacial score (nSPS) is 11.2. The van der Waals surface area contributed by atoms with E-state index in [9.17, 15) is 9.90 Å². The molecule has 0 aliphatic carbocycles. The van der Waals surface area contributed by atoms with Crippen molar-refractivity contribution in [3.63, 3.8) is 0 Å². The first kappa shape index (κ1) is 16.4. The second-order valence-electron chi connectivity index (χ2n) is 5.12. The van der Waals surface area contributed by atoms with Crippen molar-refractivity contribution in [1.29, 1.82) is 0 Å². The quantitative estimate of drug-likeness (QED) is 0.683. The van der Waals surface area contributed by atoms with Crippen molar-refractivity contribution in [3.8, 4) is 0 Å². The van der Waals surface area contributed by atoms with Crippen LogP contribution in [0.1, 0.15) is 45.1 Å². The van der Waals surface area contributed by atoms with Gasteiger partial charge < -0.3 is 15.7 Å². The summed E-state index contributed by atoms with van der Waals surface area (Å²) in [5, 5.41) is 15.9. The molecule has 0 spiro atoms. The molecule has 0 aromatic carbocycles. The number of hydrogen-bond acceptors (Lipinski definition) is 3. The zero-order chi connectivity index (χ0) is 14.8. The smallest absolute Gasteiger partial charge is 0.315 e. The maximum absolute atomic E-state index is 11.7. The third kappa shape index (κ3) is 6.02. The molecule has 2 amide bonds. The predicted octanol–water partition coefficient (Wildman–Crippen LogP) is 2.21. The number of nitrogens with zero attached hydrogens (tertiary/aromatic N) is 1. The van der Waals surface area contributed by atoms with Crippen LogP contribution >= 0.6 is 0 Å². The van der Waals surface area contributed by atoms with Gasteiger partial charge in [0.2, 0.25) is 0 Å². The molecular weight excluding hydrogens is 254 g/mol. The van der Waals surface area contributed by atoms with Crippen molar-refractivity contribution in [3.05, 3.63) is 30.1 Å². The minimum atomic E-state index is -0.794. The molecule has 1 aromatic heterocycles. The Hall–Kier alpha value is -1.62. The summed E-state index contributed by atoms with van der Waals surface area (Å²) >= 11 is 0. The lowest BCUT2D eigenvalue weighted by Crippen LogP contribution is -2.46. The predicted molar refractivity (Wildman–Crippen MR) is 79.2 cm³/mol. The Balaban J connectivity index is 2.34. The fraction of sp³-hybridized carbons (Fsp3) is 0.600. The Morgan fingerprint density at radius 3 is 2.35 bits per heavy atom. The molecule has 5 heteroatoms. The molecule has 5 nitrogen and oxygen atoms in total. The summed E-state index contributed by atoms with van der Waals surface area (Å²) in [6.45, 7) is 4.81. The maximum atomic E-state index is 11.7. The van der Waals surface area contributed by atoms with Crippen LogP contribution in [-0.4, -0.2) is 28.3 Å². The van der Waals surface area contributed by atoms with Crippen molar-refractivity contribution in [2.45, 2.75) is 51.7 Å². The summed E-state index contributed by atoms with van der Waals surface area (Å²) in [6, 6.07) is 3.45. The van der Waals surface area contributed by atoms with Crippen LogP contribution in [0.2, 0.25) is 0 Å². The Labute approximate surface area is 120 Å². The minimum absolute atomic E-state index is 0.257. The van der Waals surface area contributed by atoms with E-state index in [4.69, 9.17) is 0 Å². The van der Waals surface area contributed by atoms with Gasteiger partial charge in [0.05, 0.1) is 5.60 Å². The highest BCUT2D eigenvalue weighted by Gasteiger charge is 2.25. The number of pyridine rings is 1. The summed E-state index contributed by atoms with van der Waals surface area (Å²) in [4.78, 5) is 15.6. The lowest BCUT2D eigenvalue weighted by Gasteiger charge is -2.27. The van der Waals surface area contributed by atoms with E-state index in [1.807, 2.05) is 26.0 Å². The van der Waals surface area contributed by atoms with E-state index in [1.165, 1.54) is 0 Å². The van der Waals surface area contributed by atoms with Gasteiger partial charge in [-0.2, -0.15) is 0 Å². The molecule has 1 heterocycles. The molecule has 0 aliphatic rings. The second-order valence-corrected chi connectivity index (χ2v) is 5.12. The van der Waals surface area contributed by atoms with Crippen LogP contribution in [0.25, 0.3) is 0 Å². The van der Waals surface area contributed by atoms with E-state index in [1.54, 1.807) is 12.4 Å². The van der Waals surface area contributed by atoms with Gasteiger partial charge in [0.15, 0.2) is 0 Å². The van der Waals surface area contributed by atoms with E-state index in [2.05, 4.69) is 15.6 Å². The average Bonchev–Trinajstić information content (AvgIpc) is 2.45. The number of carbonyl (C=O) groups is 1. The lowest BCUT2D eigenvalue weighted by atomic mass is 9.93. The van der Waals surface area contributed by atoms with Gasteiger partial charge in [-0.1, -0.05) is 26.7 Å². The van der Waals surface area contributed by atoms with Crippen molar-refractivity contribution in [1.82, 2.24) is 15.6 Å². The first-order valence-corrected chi connectivity index (χ1v) is 7.22. The molecule has 3 N–H and O–H groups in total. The molecule has 0 aliphatic heterocycles. The van der Waals surface area contributed by atoms with Crippen molar-refractivity contribution >= 4 is 6.03 Å². The molecule has 0 saturated heterocycles. The number of hydrogen-bond donors (Lipinski definition) is 3. The number of carbonyl (C=O) groups excluding carboxylic acids is 1. The summed E-state index contributed by atoms with van der Waals surface area (Å²) in [5.74, 6) is 0. The van der Waals surface area contributed by atoms with Gasteiger partial charge >= 0.3 is 6.03 Å². The zero-order valence-electron chi connectivity index (χ0n) is 12.4. The first-order valence-electron chi connectivity index (χ1n) is 7.22. The third-order valence-corrected chi connectivity index (χ3v) is 3.21. The monoisotopic (exact) mass is 279 g/mol. The summed E-state index contributed by atoms with van der Waals surface area (Å²) in [6.07, 6.45) is 6.58. The van der Waals surface area contributed by atoms with E-state index in [0.29, 0.717) is 19.4 Å². The Kier molecular flexibility index (Phi) is 7.01. The lowest BCUT2D eigenvalue weighted by molar-refractivity contribution is 0.0241. The van der Waals surface area contributed by atoms with Crippen LogP contribution in [0.15, 0.2) is 24.5 Å². The minimum Gasteiger partial charge on any atom is -0.388 e. The number of aliphatic hydroxyl groups is 1. The van der Waals surface area contributed by atoms with Crippen LogP contribution < -0.4 is 10.6 Å². The molecule has 1 aromatic rings. The van der Waals surface area contributed by atoms with Gasteiger partial charge in [-0.05, 0) is 30.5 Å². The first-order chi connectivity index (χ1) is 9.59. The van der Waals surface area contributed by atoms with Crippen molar-refractivity contribution < 1.29 is 9.90 Å². The van der Waals surface area contributed by atoms with Crippen molar-refractivity contribution in [2.75, 3.05) is 6.54 Å². The molecule has 112 valence electrons. The standard InChI is InChI=1S/C15H25N3O2/c1-3-7-15(20,8-4-2)12-18-14(19)17-11-13-5-9-16-10-6-13/h5-6,9-10,20H,3-4,7-8,11-12H2,1-2H3,(H2,17,18,19). The molecule has 0 radical (unpaired) electrons. The molecule has 0 fully saturated rings. The molecular formula is C15H25N3O2. The van der Waals surface area contributed by atoms with E-state index in [0.717, 1.165) is 18.4 Å². The second kappa shape index (κ2) is 8.53. The van der Waals surface area contributed by atoms with E-state index < -0.39 is 5.60 Å². The van der Waals surface area contributed by atoms with E-state index >= 15 is 0 Å². The van der Waals surface area contributed by atoms with E-state index in [-0.39, 0.29) is 12.6 Å². The van der Waals surface area contributed by atoms with Gasteiger partial charge in [0.25, 0.3) is 0 Å². The van der Waals surface area contributed by atoms with Crippen LogP contribution in [0.4, 0.5) is 4.79 Å². The summed E-state index contributed by atoms with van der Waals surface area (Å²) < 4.78 is 0. The SMILES string of the molecule is CCCC(O)(CCC)CNC(=O)NCc1ccncc1. The number of urea groups is 1. The molecule has 1 rings (SSSR count). The highest BCUT2D eigenvalue weighted by atomic mass is 16.3. The van der Waals surface area contributed by atoms with Crippen LogP contribution in [0.5, 0.6) is 0 Å². The topological polar surface area (TPSA) is 74.2 Å². The van der Waals surface area contributed by atoms with Gasteiger partial charge in [0.1, 0.15) is 0 Å². The maximum Gasteiger partial charge on any atom is 0.315 e. The summed E-state index contributed by atoms with van der Waals surface area (Å²) in [5.41, 5.74) is 0.199. The van der Waals surface area contributed by atoms with Crippen LogP contribution in [-0.2, 0) is 6.54 Å². The highest BCUT2D eigenvalue weighted by Crippen LogP contribution is 2.18. The Morgan fingerprint density at radius 2 is 1.80 bits per heavy atom. The van der Waals surface area contributed by atoms with Gasteiger partial charge in [-0.15, -0.1) is 0 Å². The van der Waals surface area contributed by atoms with Crippen LogP contribution in [0.3, 0.4) is 0 Å². The third-order valence-electron chi connectivity index (χ3n) is 3.21. The summed E-state index contributed by atoms with van der Waals surface area (Å²) in [7, 11) is 0. The largest absolute Gasteiger partial charge is 0.388 e. The Bertz CT molecular complexity index is 389. The van der Waals surface area contributed by atoms with Crippen molar-refractivity contribution in [2.24, 2.45) is 0 Å². The van der Waals surface area contributed by atoms with Gasteiger partial charge in [-0.25, -0.2) is 4.79 Å². The average molecular weight is 279 g/mol. The molecule has 0 bridgehead atoms. The molecule has 0 unspecified atom stereocenters. The van der Waals surface area contributed by atoms with Gasteiger partial charge in [-0.3, -0.25) is 4.98 Å². The molecule has 0 atom stereocenters. The fourth-order valence-corrected chi connectivity index (χ4v) is 2.22. The number of nitrogens with one attached hydrogen (secondary N) is 2. The van der Waals surface area contributed by atoms with Crippen LogP contribution in [0, 0.1) is 0 Å². The molecule has 0 saturated carbocycles. The number of aromatic nitrogens is 1. The highest BCUT2D eigenvalue weighted by molar-refractivity contribution is 5.73. The number of rotatable bonds is 8. The van der Waals surface area contributed by atoms with Gasteiger partial charge in [0, 0.05) is 25.5 Å².